The van der Waals surface area contributed by atoms with Crippen molar-refractivity contribution >= 4 is 17.4 Å². The molecule has 1 aliphatic rings. The molecular formula is C26H32ClFN4O3. The van der Waals surface area contributed by atoms with Crippen LogP contribution >= 0.6 is 11.6 Å². The fourth-order valence-electron chi connectivity index (χ4n) is 4.40. The summed E-state index contributed by atoms with van der Waals surface area (Å²) in [6.07, 6.45) is 3.69. The molecule has 7 nitrogen and oxygen atoms in total. The van der Waals surface area contributed by atoms with Crippen LogP contribution in [0.2, 0.25) is 5.02 Å². The van der Waals surface area contributed by atoms with Crippen molar-refractivity contribution in [3.8, 4) is 11.1 Å². The predicted octanol–water partition coefficient (Wildman–Crippen LogP) is 4.05. The smallest absolute Gasteiger partial charge is 0.126 e. The minimum atomic E-state index is -0.867. The summed E-state index contributed by atoms with van der Waals surface area (Å²) in [5.41, 5.74) is 3.55. The number of hydrogen-bond donors (Lipinski definition) is 3. The zero-order valence-corrected chi connectivity index (χ0v) is 21.0. The molecule has 0 bridgehead atoms. The van der Waals surface area contributed by atoms with Gasteiger partial charge >= 0.3 is 0 Å². The first-order chi connectivity index (χ1) is 16.7. The van der Waals surface area contributed by atoms with Gasteiger partial charge in [-0.1, -0.05) is 17.7 Å². The van der Waals surface area contributed by atoms with Crippen molar-refractivity contribution in [3.63, 3.8) is 0 Å². The van der Waals surface area contributed by atoms with E-state index in [0.29, 0.717) is 43.6 Å². The normalized spacial score (nSPS) is 16.4. The van der Waals surface area contributed by atoms with Gasteiger partial charge in [0.15, 0.2) is 0 Å². The van der Waals surface area contributed by atoms with Gasteiger partial charge in [0.05, 0.1) is 29.9 Å². The Hall–Kier alpha value is -2.49. The van der Waals surface area contributed by atoms with E-state index < -0.39 is 5.60 Å². The highest BCUT2D eigenvalue weighted by Gasteiger charge is 2.28. The number of nitrogens with one attached hydrogen (secondary N) is 1. The van der Waals surface area contributed by atoms with E-state index in [1.54, 1.807) is 33.2 Å². The molecule has 0 unspecified atom stereocenters. The van der Waals surface area contributed by atoms with Gasteiger partial charge in [0.2, 0.25) is 0 Å². The fraction of sp³-hybridized carbons (Fsp3) is 0.423. The zero-order valence-electron chi connectivity index (χ0n) is 20.3. The number of aromatic nitrogens is 2. The van der Waals surface area contributed by atoms with Crippen LogP contribution < -0.4 is 5.32 Å². The number of aliphatic hydroxyl groups excluding tert-OH is 1. The molecule has 0 fully saturated rings. The highest BCUT2D eigenvalue weighted by molar-refractivity contribution is 6.33. The Balaban J connectivity index is 1.60. The molecule has 0 saturated heterocycles. The summed E-state index contributed by atoms with van der Waals surface area (Å²) < 4.78 is 21.6. The summed E-state index contributed by atoms with van der Waals surface area (Å²) in [6.45, 7) is 6.06. The van der Waals surface area contributed by atoms with E-state index in [-0.39, 0.29) is 18.5 Å². The van der Waals surface area contributed by atoms with Gasteiger partial charge in [0, 0.05) is 62.5 Å². The molecule has 0 amide bonds. The molecule has 3 N–H and O–H groups in total. The van der Waals surface area contributed by atoms with Crippen LogP contribution in [-0.4, -0.2) is 56.6 Å². The number of pyridine rings is 1. The number of anilines is 1. The number of fused-ring (bicyclic) bond motifs is 1. The van der Waals surface area contributed by atoms with Crippen LogP contribution in [0.5, 0.6) is 0 Å². The van der Waals surface area contributed by atoms with Crippen molar-refractivity contribution in [1.82, 2.24) is 14.5 Å². The van der Waals surface area contributed by atoms with E-state index in [9.17, 15) is 14.6 Å². The van der Waals surface area contributed by atoms with Gasteiger partial charge in [-0.2, -0.15) is 0 Å². The van der Waals surface area contributed by atoms with E-state index in [1.807, 2.05) is 6.07 Å². The van der Waals surface area contributed by atoms with E-state index in [2.05, 4.69) is 32.0 Å². The Kier molecular flexibility index (Phi) is 7.78. The van der Waals surface area contributed by atoms with Crippen LogP contribution in [0.4, 0.5) is 10.2 Å². The minimum absolute atomic E-state index is 0.0829. The van der Waals surface area contributed by atoms with Crippen molar-refractivity contribution < 1.29 is 19.3 Å². The van der Waals surface area contributed by atoms with Crippen LogP contribution in [0.1, 0.15) is 30.7 Å². The number of hydrogen-bond acceptors (Lipinski definition) is 6. The SMILES string of the molecule is COC[C@H]1Cn2cc(-c3cc(NCC(C)(C)O)ncc3Cl)cc2CN1Cc1cc(F)ccc1CO. The second-order valence-corrected chi connectivity index (χ2v) is 10.1. The molecule has 1 aliphatic heterocycles. The van der Waals surface area contributed by atoms with Crippen LogP contribution in [-0.2, 0) is 31.0 Å². The summed E-state index contributed by atoms with van der Waals surface area (Å²) >= 11 is 6.51. The van der Waals surface area contributed by atoms with Crippen LogP contribution in [0.3, 0.4) is 0 Å². The third-order valence-electron chi connectivity index (χ3n) is 6.21. The van der Waals surface area contributed by atoms with Crippen molar-refractivity contribution in [2.45, 2.75) is 51.7 Å². The number of nitrogens with zero attached hydrogens (tertiary/aromatic N) is 3. The van der Waals surface area contributed by atoms with Crippen molar-refractivity contribution in [3.05, 3.63) is 70.4 Å². The molecule has 2 aromatic heterocycles. The lowest BCUT2D eigenvalue weighted by Gasteiger charge is -2.36. The van der Waals surface area contributed by atoms with Gasteiger partial charge in [-0.3, -0.25) is 4.90 Å². The molecule has 4 rings (SSSR count). The monoisotopic (exact) mass is 502 g/mol. The molecule has 3 aromatic rings. The van der Waals surface area contributed by atoms with Gasteiger partial charge in [-0.25, -0.2) is 9.37 Å². The molecule has 1 aromatic carbocycles. The van der Waals surface area contributed by atoms with E-state index in [1.165, 1.54) is 12.1 Å². The molecule has 188 valence electrons. The van der Waals surface area contributed by atoms with Gasteiger partial charge in [0.1, 0.15) is 11.6 Å². The summed E-state index contributed by atoms with van der Waals surface area (Å²) in [7, 11) is 1.68. The fourth-order valence-corrected chi connectivity index (χ4v) is 4.61. The molecule has 0 aliphatic carbocycles. The quantitative estimate of drug-likeness (QED) is 0.409. The Bertz CT molecular complexity index is 1180. The maximum atomic E-state index is 13.9. The third-order valence-corrected chi connectivity index (χ3v) is 6.52. The second-order valence-electron chi connectivity index (χ2n) is 9.67. The Morgan fingerprint density at radius 2 is 2.06 bits per heavy atom. The summed E-state index contributed by atoms with van der Waals surface area (Å²) in [4.78, 5) is 6.58. The lowest BCUT2D eigenvalue weighted by atomic mass is 10.0. The Morgan fingerprint density at radius 1 is 1.26 bits per heavy atom. The molecule has 0 saturated carbocycles. The number of benzene rings is 1. The first-order valence-electron chi connectivity index (χ1n) is 11.6. The van der Waals surface area contributed by atoms with Gasteiger partial charge in [-0.05, 0) is 49.2 Å². The highest BCUT2D eigenvalue weighted by Crippen LogP contribution is 2.33. The summed E-state index contributed by atoms with van der Waals surface area (Å²) in [6, 6.07) is 8.58. The standard InChI is InChI=1S/C26H32ClFN4O3/c1-26(2,34)16-30-25-8-23(24(27)9-29-25)19-7-21-12-32(22(15-35-3)13-31(21)11-19)10-18-6-20(28)5-4-17(18)14-33/h4-9,11,22,33-34H,10,12-16H2,1-3H3,(H,29,30)/t22-/m1/s1. The Labute approximate surface area is 210 Å². The lowest BCUT2D eigenvalue weighted by Crippen LogP contribution is -2.44. The first kappa shape index (κ1) is 25.6. The summed E-state index contributed by atoms with van der Waals surface area (Å²) in [5, 5.41) is 23.4. The highest BCUT2D eigenvalue weighted by atomic mass is 35.5. The lowest BCUT2D eigenvalue weighted by molar-refractivity contribution is 0.0536. The molecule has 3 heterocycles. The summed E-state index contributed by atoms with van der Waals surface area (Å²) in [5.74, 6) is 0.321. The van der Waals surface area contributed by atoms with Crippen molar-refractivity contribution in [2.24, 2.45) is 0 Å². The van der Waals surface area contributed by atoms with Crippen LogP contribution in [0.15, 0.2) is 42.7 Å². The molecular weight excluding hydrogens is 471 g/mol. The molecule has 0 radical (unpaired) electrons. The number of rotatable bonds is 9. The number of ether oxygens (including phenoxy) is 1. The van der Waals surface area contributed by atoms with E-state index in [0.717, 1.165) is 27.9 Å². The maximum absolute atomic E-state index is 13.9. The number of methoxy groups -OCH3 is 1. The van der Waals surface area contributed by atoms with Crippen molar-refractivity contribution in [2.75, 3.05) is 25.6 Å². The predicted molar refractivity (Wildman–Crippen MR) is 135 cm³/mol. The second kappa shape index (κ2) is 10.6. The average Bonchev–Trinajstić information content (AvgIpc) is 3.21. The topological polar surface area (TPSA) is 82.8 Å². The number of halogens is 2. The molecule has 35 heavy (non-hydrogen) atoms. The minimum Gasteiger partial charge on any atom is -0.392 e. The molecule has 9 heteroatoms. The van der Waals surface area contributed by atoms with Gasteiger partial charge < -0.3 is 24.8 Å². The van der Waals surface area contributed by atoms with Crippen molar-refractivity contribution in [1.29, 1.82) is 0 Å². The third kappa shape index (κ3) is 6.20. The zero-order chi connectivity index (χ0) is 25.2. The van der Waals surface area contributed by atoms with E-state index in [4.69, 9.17) is 16.3 Å². The van der Waals surface area contributed by atoms with Gasteiger partial charge in [-0.15, -0.1) is 0 Å². The van der Waals surface area contributed by atoms with Gasteiger partial charge in [0.25, 0.3) is 0 Å². The average molecular weight is 503 g/mol. The Morgan fingerprint density at radius 3 is 2.77 bits per heavy atom. The van der Waals surface area contributed by atoms with E-state index >= 15 is 0 Å². The maximum Gasteiger partial charge on any atom is 0.126 e. The molecule has 1 atom stereocenters. The largest absolute Gasteiger partial charge is 0.392 e. The van der Waals surface area contributed by atoms with Crippen LogP contribution in [0, 0.1) is 5.82 Å². The molecule has 0 spiro atoms. The van der Waals surface area contributed by atoms with Crippen LogP contribution in [0.25, 0.3) is 11.1 Å². The first-order valence-corrected chi connectivity index (χ1v) is 12.0. The number of aliphatic hydroxyl groups is 2.